The number of halogens is 1. The Bertz CT molecular complexity index is 405. The van der Waals surface area contributed by atoms with E-state index in [1.165, 1.54) is 0 Å². The zero-order valence-corrected chi connectivity index (χ0v) is 11.5. The fourth-order valence-corrected chi connectivity index (χ4v) is 2.70. The van der Waals surface area contributed by atoms with E-state index >= 15 is 0 Å². The van der Waals surface area contributed by atoms with Gasteiger partial charge in [-0.15, -0.1) is 0 Å². The molecule has 0 bridgehead atoms. The van der Waals surface area contributed by atoms with E-state index in [1.807, 2.05) is 19.1 Å². The molecule has 0 amide bonds. The van der Waals surface area contributed by atoms with Crippen molar-refractivity contribution in [3.8, 4) is 0 Å². The third kappa shape index (κ3) is 2.51. The van der Waals surface area contributed by atoms with E-state index in [-0.39, 0.29) is 5.82 Å². The molecule has 1 aliphatic heterocycles. The molecule has 0 aliphatic carbocycles. The maximum atomic E-state index is 13.7. The van der Waals surface area contributed by atoms with Crippen LogP contribution in [0.25, 0.3) is 0 Å². The van der Waals surface area contributed by atoms with Crippen molar-refractivity contribution in [2.45, 2.75) is 45.7 Å². The first-order chi connectivity index (χ1) is 8.67. The molecule has 0 aromatic heterocycles. The molecule has 1 aromatic rings. The van der Waals surface area contributed by atoms with Crippen molar-refractivity contribution in [1.29, 1.82) is 0 Å². The van der Waals surface area contributed by atoms with Crippen LogP contribution in [-0.2, 0) is 0 Å². The summed E-state index contributed by atoms with van der Waals surface area (Å²) in [5.74, 6) is -0.103. The third-order valence-corrected chi connectivity index (χ3v) is 4.01. The first-order valence-corrected chi connectivity index (χ1v) is 6.92. The first kappa shape index (κ1) is 13.3. The molecule has 1 heterocycles. The molecule has 1 fully saturated rings. The molecule has 2 atom stereocenters. The van der Waals surface area contributed by atoms with Crippen LogP contribution in [0.5, 0.6) is 0 Å². The summed E-state index contributed by atoms with van der Waals surface area (Å²) in [6.45, 7) is 8.23. The van der Waals surface area contributed by atoms with Crippen LogP contribution in [0.2, 0.25) is 0 Å². The highest BCUT2D eigenvalue weighted by atomic mass is 19.1. The number of rotatable bonds is 3. The van der Waals surface area contributed by atoms with E-state index in [1.54, 1.807) is 6.07 Å². The number of anilines is 1. The van der Waals surface area contributed by atoms with Crippen molar-refractivity contribution in [2.75, 3.05) is 18.0 Å². The van der Waals surface area contributed by atoms with E-state index < -0.39 is 0 Å². The largest absolute Gasteiger partial charge is 0.365 e. The zero-order valence-electron chi connectivity index (χ0n) is 11.5. The van der Waals surface area contributed by atoms with Crippen LogP contribution in [0.3, 0.4) is 0 Å². The molecule has 18 heavy (non-hydrogen) atoms. The Morgan fingerprint density at radius 1 is 1.33 bits per heavy atom. The Hall–Kier alpha value is -1.09. The maximum Gasteiger partial charge on any atom is 0.128 e. The Morgan fingerprint density at radius 2 is 2.11 bits per heavy atom. The Labute approximate surface area is 109 Å². The molecule has 2 rings (SSSR count). The third-order valence-electron chi connectivity index (χ3n) is 4.01. The topological polar surface area (TPSA) is 15.3 Å². The van der Waals surface area contributed by atoms with Gasteiger partial charge in [0, 0.05) is 36.4 Å². The predicted octanol–water partition coefficient (Wildman–Crippen LogP) is 3.10. The number of piperazine rings is 1. The lowest BCUT2D eigenvalue weighted by molar-refractivity contribution is 0.378. The predicted molar refractivity (Wildman–Crippen MR) is 74.6 cm³/mol. The van der Waals surface area contributed by atoms with E-state index in [4.69, 9.17) is 0 Å². The Morgan fingerprint density at radius 3 is 2.78 bits per heavy atom. The summed E-state index contributed by atoms with van der Waals surface area (Å²) in [6, 6.07) is 6.37. The molecule has 1 aliphatic rings. The molecule has 1 N–H and O–H groups in total. The minimum absolute atomic E-state index is 0.103. The standard InChI is InChI=1S/C15H23FN2/c1-4-12-10-18(13(5-2)9-17-12)15-8-6-7-14(16)11(15)3/h6-8,12-13,17H,4-5,9-10H2,1-3H3. The summed E-state index contributed by atoms with van der Waals surface area (Å²) in [6.07, 6.45) is 2.20. The van der Waals surface area contributed by atoms with Crippen LogP contribution >= 0.6 is 0 Å². The van der Waals surface area contributed by atoms with Gasteiger partial charge in [-0.1, -0.05) is 19.9 Å². The molecule has 3 heteroatoms. The summed E-state index contributed by atoms with van der Waals surface area (Å²) in [4.78, 5) is 2.38. The molecule has 0 spiro atoms. The maximum absolute atomic E-state index is 13.7. The van der Waals surface area contributed by atoms with Crippen molar-refractivity contribution >= 4 is 5.69 Å². The van der Waals surface area contributed by atoms with E-state index in [0.29, 0.717) is 12.1 Å². The number of benzene rings is 1. The Balaban J connectivity index is 2.29. The van der Waals surface area contributed by atoms with E-state index in [9.17, 15) is 4.39 Å². The molecule has 0 radical (unpaired) electrons. The second-order valence-corrected chi connectivity index (χ2v) is 5.11. The summed E-state index contributed by atoms with van der Waals surface area (Å²) >= 11 is 0. The van der Waals surface area contributed by atoms with Gasteiger partial charge >= 0.3 is 0 Å². The van der Waals surface area contributed by atoms with Crippen molar-refractivity contribution in [2.24, 2.45) is 0 Å². The van der Waals surface area contributed by atoms with Gasteiger partial charge in [0.25, 0.3) is 0 Å². The fraction of sp³-hybridized carbons (Fsp3) is 0.600. The van der Waals surface area contributed by atoms with Crippen molar-refractivity contribution in [3.05, 3.63) is 29.6 Å². The second kappa shape index (κ2) is 5.70. The SMILES string of the molecule is CCC1CN(c2cccc(F)c2C)C(CC)CN1. The zero-order chi connectivity index (χ0) is 13.1. The lowest BCUT2D eigenvalue weighted by atomic mass is 10.0. The van der Waals surface area contributed by atoms with Gasteiger partial charge in [-0.2, -0.15) is 0 Å². The molecule has 1 aromatic carbocycles. The normalized spacial score (nSPS) is 24.3. The lowest BCUT2D eigenvalue weighted by Gasteiger charge is -2.42. The minimum Gasteiger partial charge on any atom is -0.365 e. The fourth-order valence-electron chi connectivity index (χ4n) is 2.70. The van der Waals surface area contributed by atoms with Crippen molar-refractivity contribution in [1.82, 2.24) is 5.32 Å². The molecule has 1 saturated heterocycles. The van der Waals surface area contributed by atoms with Crippen LogP contribution in [0, 0.1) is 12.7 Å². The summed E-state index contributed by atoms with van der Waals surface area (Å²) in [5, 5.41) is 3.57. The van der Waals surface area contributed by atoms with E-state index in [2.05, 4.69) is 24.1 Å². The van der Waals surface area contributed by atoms with E-state index in [0.717, 1.165) is 37.2 Å². The molecular formula is C15H23FN2. The number of nitrogens with zero attached hydrogens (tertiary/aromatic N) is 1. The van der Waals surface area contributed by atoms with Crippen LogP contribution in [0.1, 0.15) is 32.3 Å². The smallest absolute Gasteiger partial charge is 0.128 e. The van der Waals surface area contributed by atoms with Crippen LogP contribution in [-0.4, -0.2) is 25.2 Å². The highest BCUT2D eigenvalue weighted by Crippen LogP contribution is 2.27. The van der Waals surface area contributed by atoms with Gasteiger partial charge in [0.15, 0.2) is 0 Å². The van der Waals surface area contributed by atoms with Crippen molar-refractivity contribution < 1.29 is 4.39 Å². The van der Waals surface area contributed by atoms with Gasteiger partial charge in [-0.3, -0.25) is 0 Å². The summed E-state index contributed by atoms with van der Waals surface area (Å²) in [7, 11) is 0. The lowest BCUT2D eigenvalue weighted by Crippen LogP contribution is -2.56. The molecule has 0 saturated carbocycles. The number of hydrogen-bond acceptors (Lipinski definition) is 2. The summed E-state index contributed by atoms with van der Waals surface area (Å²) in [5.41, 5.74) is 1.83. The quantitative estimate of drug-likeness (QED) is 0.886. The van der Waals surface area contributed by atoms with Crippen LogP contribution in [0.15, 0.2) is 18.2 Å². The van der Waals surface area contributed by atoms with Crippen LogP contribution in [0.4, 0.5) is 10.1 Å². The summed E-state index contributed by atoms with van der Waals surface area (Å²) < 4.78 is 13.7. The van der Waals surface area contributed by atoms with Gasteiger partial charge < -0.3 is 10.2 Å². The highest BCUT2D eigenvalue weighted by molar-refractivity contribution is 5.55. The van der Waals surface area contributed by atoms with Crippen molar-refractivity contribution in [3.63, 3.8) is 0 Å². The molecular weight excluding hydrogens is 227 g/mol. The second-order valence-electron chi connectivity index (χ2n) is 5.11. The molecule has 2 unspecified atom stereocenters. The number of nitrogens with one attached hydrogen (secondary N) is 1. The molecule has 100 valence electrons. The average Bonchev–Trinajstić information content (AvgIpc) is 2.41. The van der Waals surface area contributed by atoms with Gasteiger partial charge in [-0.05, 0) is 31.9 Å². The van der Waals surface area contributed by atoms with Crippen LogP contribution < -0.4 is 10.2 Å². The first-order valence-electron chi connectivity index (χ1n) is 6.92. The van der Waals surface area contributed by atoms with Gasteiger partial charge in [0.2, 0.25) is 0 Å². The Kier molecular flexibility index (Phi) is 4.23. The highest BCUT2D eigenvalue weighted by Gasteiger charge is 2.27. The average molecular weight is 250 g/mol. The monoisotopic (exact) mass is 250 g/mol. The van der Waals surface area contributed by atoms with Gasteiger partial charge in [0.1, 0.15) is 5.82 Å². The molecule has 2 nitrogen and oxygen atoms in total. The van der Waals surface area contributed by atoms with Gasteiger partial charge in [0.05, 0.1) is 0 Å². The number of hydrogen-bond donors (Lipinski definition) is 1. The van der Waals surface area contributed by atoms with Gasteiger partial charge in [-0.25, -0.2) is 4.39 Å². The minimum atomic E-state index is -0.103.